The van der Waals surface area contributed by atoms with Crippen LogP contribution in [0.4, 0.5) is 0 Å². The molecule has 0 saturated carbocycles. The molecule has 0 spiro atoms. The van der Waals surface area contributed by atoms with Crippen molar-refractivity contribution in [2.45, 2.75) is 38.9 Å². The van der Waals surface area contributed by atoms with Gasteiger partial charge in [0.25, 0.3) is 5.91 Å². The van der Waals surface area contributed by atoms with Gasteiger partial charge in [-0.05, 0) is 25.9 Å². The van der Waals surface area contributed by atoms with Gasteiger partial charge in [0.1, 0.15) is 11.5 Å². The van der Waals surface area contributed by atoms with Crippen LogP contribution in [-0.4, -0.2) is 54.9 Å². The molecule has 0 aliphatic carbocycles. The zero-order valence-electron chi connectivity index (χ0n) is 13.8. The number of fused-ring (bicyclic) bond motifs is 1. The summed E-state index contributed by atoms with van der Waals surface area (Å²) < 4.78 is 2.18. The number of hydrogen-bond donors (Lipinski definition) is 0. The summed E-state index contributed by atoms with van der Waals surface area (Å²) in [6, 6.07) is 0. The first-order valence-electron chi connectivity index (χ1n) is 8.62. The molecule has 1 saturated heterocycles. The average molecular weight is 326 g/mol. The molecule has 2 aromatic rings. The van der Waals surface area contributed by atoms with Crippen molar-refractivity contribution in [3.05, 3.63) is 42.0 Å². The molecule has 2 aliphatic heterocycles. The maximum atomic E-state index is 12.5. The number of piperidine rings is 1. The van der Waals surface area contributed by atoms with Crippen LogP contribution in [0.1, 0.15) is 41.3 Å². The summed E-state index contributed by atoms with van der Waals surface area (Å²) in [5.41, 5.74) is 1.51. The third-order valence-electron chi connectivity index (χ3n) is 4.76. The van der Waals surface area contributed by atoms with E-state index >= 15 is 0 Å². The number of imidazole rings is 1. The number of carbonyl (C=O) groups is 1. The van der Waals surface area contributed by atoms with E-state index in [9.17, 15) is 4.79 Å². The van der Waals surface area contributed by atoms with Gasteiger partial charge in [0.05, 0.1) is 18.4 Å². The van der Waals surface area contributed by atoms with Gasteiger partial charge in [0, 0.05) is 38.2 Å². The topological polar surface area (TPSA) is 67.2 Å². The lowest BCUT2D eigenvalue weighted by molar-refractivity contribution is 0.0701. The maximum Gasteiger partial charge on any atom is 0.274 e. The smallest absolute Gasteiger partial charge is 0.274 e. The molecular weight excluding hydrogens is 304 g/mol. The SMILES string of the molecule is O=C(c1cnccn1)N1CCn2cc(CN3CCCCC3)nc2C1. The zero-order valence-corrected chi connectivity index (χ0v) is 13.8. The van der Waals surface area contributed by atoms with Crippen molar-refractivity contribution >= 4 is 5.91 Å². The van der Waals surface area contributed by atoms with E-state index in [-0.39, 0.29) is 5.91 Å². The highest BCUT2D eigenvalue weighted by Gasteiger charge is 2.24. The largest absolute Gasteiger partial charge is 0.331 e. The highest BCUT2D eigenvalue weighted by atomic mass is 16.2. The summed E-state index contributed by atoms with van der Waals surface area (Å²) in [6.07, 6.45) is 10.7. The van der Waals surface area contributed by atoms with Gasteiger partial charge in [-0.25, -0.2) is 9.97 Å². The van der Waals surface area contributed by atoms with Gasteiger partial charge in [-0.15, -0.1) is 0 Å². The Labute approximate surface area is 141 Å². The Balaban J connectivity index is 1.44. The predicted octanol–water partition coefficient (Wildman–Crippen LogP) is 1.31. The molecule has 2 aliphatic rings. The highest BCUT2D eigenvalue weighted by Crippen LogP contribution is 2.17. The number of hydrogen-bond acceptors (Lipinski definition) is 5. The van der Waals surface area contributed by atoms with Gasteiger partial charge in [-0.3, -0.25) is 14.7 Å². The normalized spacial score (nSPS) is 18.4. The summed E-state index contributed by atoms with van der Waals surface area (Å²) >= 11 is 0. The number of nitrogens with zero attached hydrogens (tertiary/aromatic N) is 6. The molecule has 2 aromatic heterocycles. The van der Waals surface area contributed by atoms with E-state index in [1.54, 1.807) is 17.3 Å². The minimum atomic E-state index is -0.0741. The second-order valence-electron chi connectivity index (χ2n) is 6.50. The van der Waals surface area contributed by atoms with E-state index in [4.69, 9.17) is 4.98 Å². The van der Waals surface area contributed by atoms with E-state index in [0.29, 0.717) is 18.8 Å². The second-order valence-corrected chi connectivity index (χ2v) is 6.50. The first kappa shape index (κ1) is 15.3. The van der Waals surface area contributed by atoms with Crippen LogP contribution in [0.2, 0.25) is 0 Å². The Morgan fingerprint density at radius 3 is 2.75 bits per heavy atom. The number of rotatable bonds is 3. The van der Waals surface area contributed by atoms with Crippen LogP contribution < -0.4 is 0 Å². The van der Waals surface area contributed by atoms with Crippen molar-refractivity contribution in [1.82, 2.24) is 29.3 Å². The average Bonchev–Trinajstić information content (AvgIpc) is 3.04. The van der Waals surface area contributed by atoms with E-state index in [0.717, 1.165) is 24.6 Å². The number of amides is 1. The minimum absolute atomic E-state index is 0.0741. The lowest BCUT2D eigenvalue weighted by atomic mass is 10.1. The van der Waals surface area contributed by atoms with E-state index in [1.807, 2.05) is 0 Å². The Kier molecular flexibility index (Phi) is 4.25. The molecule has 0 atom stereocenters. The minimum Gasteiger partial charge on any atom is -0.331 e. The van der Waals surface area contributed by atoms with E-state index in [2.05, 4.69) is 25.6 Å². The van der Waals surface area contributed by atoms with Gasteiger partial charge in [-0.1, -0.05) is 6.42 Å². The van der Waals surface area contributed by atoms with Gasteiger partial charge in [0.2, 0.25) is 0 Å². The summed E-state index contributed by atoms with van der Waals surface area (Å²) in [5.74, 6) is 0.889. The molecule has 7 nitrogen and oxygen atoms in total. The Bertz CT molecular complexity index is 707. The molecule has 1 fully saturated rings. The van der Waals surface area contributed by atoms with Crippen molar-refractivity contribution in [3.8, 4) is 0 Å². The van der Waals surface area contributed by atoms with Crippen LogP contribution in [0.25, 0.3) is 0 Å². The second kappa shape index (κ2) is 6.68. The van der Waals surface area contributed by atoms with Crippen molar-refractivity contribution < 1.29 is 4.79 Å². The first-order chi connectivity index (χ1) is 11.8. The fourth-order valence-corrected chi connectivity index (χ4v) is 3.48. The fourth-order valence-electron chi connectivity index (χ4n) is 3.48. The summed E-state index contributed by atoms with van der Waals surface area (Å²) in [7, 11) is 0. The molecule has 1 amide bonds. The molecule has 0 unspecified atom stereocenters. The number of likely N-dealkylation sites (tertiary alicyclic amines) is 1. The third kappa shape index (κ3) is 3.17. The standard InChI is InChI=1S/C17H22N6O/c24-17(15-10-18-4-5-19-15)23-9-8-22-12-14(20-16(22)13-23)11-21-6-2-1-3-7-21/h4-5,10,12H,1-3,6-9,11,13H2. The molecule has 4 heterocycles. The molecule has 0 bridgehead atoms. The monoisotopic (exact) mass is 326 g/mol. The molecule has 4 rings (SSSR count). The maximum absolute atomic E-state index is 12.5. The lowest BCUT2D eigenvalue weighted by Crippen LogP contribution is -2.38. The van der Waals surface area contributed by atoms with Crippen LogP contribution in [0.15, 0.2) is 24.8 Å². The Morgan fingerprint density at radius 2 is 1.96 bits per heavy atom. The molecule has 7 heteroatoms. The summed E-state index contributed by atoms with van der Waals surface area (Å²) in [6.45, 7) is 5.25. The number of aromatic nitrogens is 4. The van der Waals surface area contributed by atoms with Crippen molar-refractivity contribution in [1.29, 1.82) is 0 Å². The van der Waals surface area contributed by atoms with Crippen molar-refractivity contribution in [3.63, 3.8) is 0 Å². The first-order valence-corrected chi connectivity index (χ1v) is 8.62. The quantitative estimate of drug-likeness (QED) is 0.851. The Hall–Kier alpha value is -2.28. The number of carbonyl (C=O) groups excluding carboxylic acids is 1. The van der Waals surface area contributed by atoms with Crippen LogP contribution >= 0.6 is 0 Å². The molecule has 0 radical (unpaired) electrons. The molecular formula is C17H22N6O. The molecule has 0 aromatic carbocycles. The van der Waals surface area contributed by atoms with Gasteiger partial charge < -0.3 is 9.47 Å². The van der Waals surface area contributed by atoms with Crippen LogP contribution in [0, 0.1) is 0 Å². The zero-order chi connectivity index (χ0) is 16.4. The Morgan fingerprint density at radius 1 is 1.08 bits per heavy atom. The predicted molar refractivity (Wildman–Crippen MR) is 88.1 cm³/mol. The van der Waals surface area contributed by atoms with Crippen molar-refractivity contribution in [2.75, 3.05) is 19.6 Å². The summed E-state index contributed by atoms with van der Waals surface area (Å²) in [5, 5.41) is 0. The van der Waals surface area contributed by atoms with Gasteiger partial charge in [-0.2, -0.15) is 0 Å². The van der Waals surface area contributed by atoms with Gasteiger partial charge >= 0.3 is 0 Å². The lowest BCUT2D eigenvalue weighted by Gasteiger charge is -2.27. The summed E-state index contributed by atoms with van der Waals surface area (Å²) in [4.78, 5) is 29.6. The van der Waals surface area contributed by atoms with E-state index in [1.165, 1.54) is 38.5 Å². The van der Waals surface area contributed by atoms with E-state index < -0.39 is 0 Å². The fraction of sp³-hybridized carbons (Fsp3) is 0.529. The highest BCUT2D eigenvalue weighted by molar-refractivity contribution is 5.91. The molecule has 24 heavy (non-hydrogen) atoms. The third-order valence-corrected chi connectivity index (χ3v) is 4.76. The van der Waals surface area contributed by atoms with Gasteiger partial charge in [0.15, 0.2) is 0 Å². The molecule has 0 N–H and O–H groups in total. The molecule has 126 valence electrons. The van der Waals surface area contributed by atoms with Crippen LogP contribution in [0.3, 0.4) is 0 Å². The van der Waals surface area contributed by atoms with Crippen LogP contribution in [-0.2, 0) is 19.6 Å². The van der Waals surface area contributed by atoms with Crippen molar-refractivity contribution in [2.24, 2.45) is 0 Å². The van der Waals surface area contributed by atoms with Crippen LogP contribution in [0.5, 0.6) is 0 Å².